The van der Waals surface area contributed by atoms with Gasteiger partial charge in [-0.2, -0.15) is 28.6 Å². The van der Waals surface area contributed by atoms with Crippen molar-refractivity contribution < 1.29 is 32.6 Å². The van der Waals surface area contributed by atoms with Gasteiger partial charge in [-0.15, -0.1) is 11.3 Å². The number of aromatic nitrogens is 3. The quantitative estimate of drug-likeness (QED) is 0.367. The van der Waals surface area contributed by atoms with E-state index in [2.05, 4.69) is 14.9 Å². The van der Waals surface area contributed by atoms with E-state index in [1.807, 2.05) is 5.21 Å². The van der Waals surface area contributed by atoms with Gasteiger partial charge in [0.2, 0.25) is 0 Å². The molecule has 2 aromatic rings. The molecule has 2 rings (SSSR count). The van der Waals surface area contributed by atoms with Crippen LogP contribution in [0.4, 0.5) is 13.2 Å². The number of aliphatic carboxylic acids is 1. The van der Waals surface area contributed by atoms with Gasteiger partial charge in [0.25, 0.3) is 0 Å². The lowest BCUT2D eigenvalue weighted by molar-refractivity contribution is -0.144. The van der Waals surface area contributed by atoms with Crippen molar-refractivity contribution in [3.8, 4) is 0 Å². The molecule has 0 aliphatic rings. The molecule has 0 saturated carbocycles. The highest BCUT2D eigenvalue weighted by atomic mass is 32.1. The van der Waals surface area contributed by atoms with E-state index in [4.69, 9.17) is 0 Å². The van der Waals surface area contributed by atoms with Gasteiger partial charge in [0, 0.05) is 10.5 Å². The first-order valence-corrected chi connectivity index (χ1v) is 7.32. The third-order valence-electron chi connectivity index (χ3n) is 2.76. The second-order valence-corrected chi connectivity index (χ2v) is 5.22. The van der Waals surface area contributed by atoms with E-state index in [1.165, 1.54) is 24.4 Å². The summed E-state index contributed by atoms with van der Waals surface area (Å²) in [6.45, 7) is 1.30. The van der Waals surface area contributed by atoms with Crippen LogP contribution in [0.5, 0.6) is 0 Å². The number of carboxylic acid groups (broad SMARTS) is 1. The Hall–Kier alpha value is -2.69. The zero-order chi connectivity index (χ0) is 17.9. The number of carbonyl (C=O) groups excluding carboxylic acids is 1. The molecule has 24 heavy (non-hydrogen) atoms. The van der Waals surface area contributed by atoms with Gasteiger partial charge in [-0.3, -0.25) is 0 Å². The molecule has 0 amide bonds. The van der Waals surface area contributed by atoms with Crippen LogP contribution in [0.1, 0.15) is 23.2 Å². The number of ether oxygens (including phenoxy) is 1. The van der Waals surface area contributed by atoms with Crippen molar-refractivity contribution in [3.05, 3.63) is 39.4 Å². The summed E-state index contributed by atoms with van der Waals surface area (Å²) in [7, 11) is 0. The minimum absolute atomic E-state index is 0.111. The number of esters is 1. The van der Waals surface area contributed by atoms with Crippen molar-refractivity contribution in [3.63, 3.8) is 0 Å². The van der Waals surface area contributed by atoms with Crippen LogP contribution in [0.3, 0.4) is 0 Å². The van der Waals surface area contributed by atoms with Crippen molar-refractivity contribution in [2.45, 2.75) is 13.1 Å². The van der Waals surface area contributed by atoms with Crippen molar-refractivity contribution in [1.29, 1.82) is 0 Å². The minimum atomic E-state index is -4.89. The Morgan fingerprint density at radius 1 is 1.38 bits per heavy atom. The zero-order valence-electron chi connectivity index (χ0n) is 12.0. The van der Waals surface area contributed by atoms with Gasteiger partial charge in [0.15, 0.2) is 11.3 Å². The molecular formula is C13H10F3N3O4S. The Morgan fingerprint density at radius 2 is 2.08 bits per heavy atom. The molecule has 7 nitrogen and oxygen atoms in total. The van der Waals surface area contributed by atoms with Crippen LogP contribution in [0, 0.1) is 0 Å². The Balaban J connectivity index is 2.80. The highest BCUT2D eigenvalue weighted by Crippen LogP contribution is 2.37. The number of H-pyrrole nitrogens is 1. The molecule has 128 valence electrons. The number of alkyl halides is 3. The summed E-state index contributed by atoms with van der Waals surface area (Å²) in [6.07, 6.45) is -4.89. The standard InChI is InChI=1S/C13H10F3N3O4S/c1-2-23-12(22)8(11(20)21)7(6-4-3-5-24-6)9-10(13(14,15)16)18-19-17-9/h3-5H,2H2,1H3,(H,20,21)(H,17,18,19)/b8-7-. The molecule has 0 unspecified atom stereocenters. The van der Waals surface area contributed by atoms with Crippen LogP contribution in [0.15, 0.2) is 23.1 Å². The topological polar surface area (TPSA) is 105 Å². The summed E-state index contributed by atoms with van der Waals surface area (Å²) >= 11 is 0.952. The van der Waals surface area contributed by atoms with E-state index in [0.717, 1.165) is 11.3 Å². The first kappa shape index (κ1) is 17.7. The maximum Gasteiger partial charge on any atom is 0.437 e. The van der Waals surface area contributed by atoms with Crippen LogP contribution in [0.25, 0.3) is 5.57 Å². The number of halogens is 3. The molecule has 0 aliphatic heterocycles. The van der Waals surface area contributed by atoms with E-state index >= 15 is 0 Å². The van der Waals surface area contributed by atoms with Crippen molar-refractivity contribution in [2.24, 2.45) is 0 Å². The number of hydrogen-bond donors (Lipinski definition) is 2. The van der Waals surface area contributed by atoms with E-state index in [-0.39, 0.29) is 11.5 Å². The monoisotopic (exact) mass is 361 g/mol. The van der Waals surface area contributed by atoms with Crippen molar-refractivity contribution in [1.82, 2.24) is 15.4 Å². The van der Waals surface area contributed by atoms with Gasteiger partial charge in [0.05, 0.1) is 6.61 Å². The molecule has 2 N–H and O–H groups in total. The summed E-state index contributed by atoms with van der Waals surface area (Å²) < 4.78 is 43.9. The SMILES string of the molecule is CCOC(=O)/C(C(=O)O)=C(/c1cccs1)c1n[nH]nc1C(F)(F)F. The number of carboxylic acids is 1. The van der Waals surface area contributed by atoms with Gasteiger partial charge in [0.1, 0.15) is 5.69 Å². The third-order valence-corrected chi connectivity index (χ3v) is 3.65. The minimum Gasteiger partial charge on any atom is -0.477 e. The second-order valence-electron chi connectivity index (χ2n) is 4.27. The number of nitrogens with zero attached hydrogens (tertiary/aromatic N) is 2. The maximum absolute atomic E-state index is 13.1. The van der Waals surface area contributed by atoms with Gasteiger partial charge in [-0.05, 0) is 18.4 Å². The molecule has 2 aromatic heterocycles. The first-order chi connectivity index (χ1) is 11.3. The Bertz CT molecular complexity index is 781. The number of nitrogens with one attached hydrogen (secondary N) is 1. The predicted molar refractivity (Wildman–Crippen MR) is 76.0 cm³/mol. The largest absolute Gasteiger partial charge is 0.477 e. The summed E-state index contributed by atoms with van der Waals surface area (Å²) in [5, 5.41) is 19.1. The molecule has 0 fully saturated rings. The van der Waals surface area contributed by atoms with E-state index in [0.29, 0.717) is 0 Å². The molecule has 0 aromatic carbocycles. The van der Waals surface area contributed by atoms with Crippen molar-refractivity contribution >= 4 is 28.8 Å². The number of carbonyl (C=O) groups is 2. The third kappa shape index (κ3) is 3.45. The molecule has 11 heteroatoms. The fourth-order valence-electron chi connectivity index (χ4n) is 1.88. The van der Waals surface area contributed by atoms with Crippen LogP contribution in [-0.2, 0) is 20.5 Å². The summed E-state index contributed by atoms with van der Waals surface area (Å²) in [6, 6.07) is 2.87. The highest BCUT2D eigenvalue weighted by Gasteiger charge is 2.41. The van der Waals surface area contributed by atoms with Crippen molar-refractivity contribution in [2.75, 3.05) is 6.61 Å². The van der Waals surface area contributed by atoms with Gasteiger partial charge < -0.3 is 9.84 Å². The Morgan fingerprint density at radius 3 is 2.58 bits per heavy atom. The fourth-order valence-corrected chi connectivity index (χ4v) is 2.66. The summed E-state index contributed by atoms with van der Waals surface area (Å²) in [5.41, 5.74) is -3.65. The lowest BCUT2D eigenvalue weighted by atomic mass is 10.0. The molecule has 0 saturated heterocycles. The molecule has 0 radical (unpaired) electrons. The smallest absolute Gasteiger partial charge is 0.437 e. The summed E-state index contributed by atoms with van der Waals surface area (Å²) in [5.74, 6) is -2.99. The van der Waals surface area contributed by atoms with E-state index < -0.39 is 40.6 Å². The molecule has 0 bridgehead atoms. The summed E-state index contributed by atoms with van der Waals surface area (Å²) in [4.78, 5) is 23.6. The van der Waals surface area contributed by atoms with Gasteiger partial charge in [-0.25, -0.2) is 9.59 Å². The second kappa shape index (κ2) is 6.83. The predicted octanol–water partition coefficient (Wildman–Crippen LogP) is 2.33. The number of thiophene rings is 1. The number of rotatable bonds is 5. The Labute approximate surface area is 136 Å². The maximum atomic E-state index is 13.1. The average Bonchev–Trinajstić information content (AvgIpc) is 3.15. The van der Waals surface area contributed by atoms with Gasteiger partial charge >= 0.3 is 18.1 Å². The molecule has 0 spiro atoms. The van der Waals surface area contributed by atoms with E-state index in [1.54, 1.807) is 0 Å². The fraction of sp³-hybridized carbons (Fsp3) is 0.231. The molecule has 0 aliphatic carbocycles. The van der Waals surface area contributed by atoms with Crippen LogP contribution in [-0.4, -0.2) is 39.1 Å². The lowest BCUT2D eigenvalue weighted by Gasteiger charge is -2.11. The highest BCUT2D eigenvalue weighted by molar-refractivity contribution is 7.11. The van der Waals surface area contributed by atoms with Crippen LogP contribution in [0.2, 0.25) is 0 Å². The first-order valence-electron chi connectivity index (χ1n) is 6.44. The normalized spacial score (nSPS) is 12.7. The van der Waals surface area contributed by atoms with Crippen LogP contribution < -0.4 is 0 Å². The Kier molecular flexibility index (Phi) is 5.02. The lowest BCUT2D eigenvalue weighted by Crippen LogP contribution is -2.19. The molecule has 0 atom stereocenters. The van der Waals surface area contributed by atoms with Crippen LogP contribution >= 0.6 is 11.3 Å². The molecular weight excluding hydrogens is 351 g/mol. The van der Waals surface area contributed by atoms with Gasteiger partial charge in [-0.1, -0.05) is 6.07 Å². The molecule has 2 heterocycles. The number of aromatic amines is 1. The number of hydrogen-bond acceptors (Lipinski definition) is 6. The average molecular weight is 361 g/mol. The zero-order valence-corrected chi connectivity index (χ0v) is 12.9. The van der Waals surface area contributed by atoms with E-state index in [9.17, 15) is 27.9 Å².